The summed E-state index contributed by atoms with van der Waals surface area (Å²) in [5.74, 6) is 0. The summed E-state index contributed by atoms with van der Waals surface area (Å²) in [5, 5.41) is 9.17. The van der Waals surface area contributed by atoms with Crippen molar-refractivity contribution in [3.05, 3.63) is 83.3 Å². The van der Waals surface area contributed by atoms with Gasteiger partial charge in [-0.2, -0.15) is 11.3 Å². The highest BCUT2D eigenvalue weighted by Gasteiger charge is 2.18. The second kappa shape index (κ2) is 12.5. The number of nitrogens with one attached hydrogen (secondary N) is 2. The van der Waals surface area contributed by atoms with Crippen LogP contribution in [0.5, 0.6) is 0 Å². The minimum atomic E-state index is -3.63. The predicted octanol–water partition coefficient (Wildman–Crippen LogP) is 5.31. The maximum Gasteiger partial charge on any atom is 0.240 e. The van der Waals surface area contributed by atoms with Crippen molar-refractivity contribution in [1.29, 1.82) is 0 Å². The van der Waals surface area contributed by atoms with Gasteiger partial charge in [0.1, 0.15) is 0 Å². The molecular weight excluding hydrogens is 497 g/mol. The molecular formula is C24H27Cl2N3O2S2. The lowest BCUT2D eigenvalue weighted by Gasteiger charge is -2.16. The smallest absolute Gasteiger partial charge is 0.240 e. The maximum atomic E-state index is 13.0. The zero-order valence-corrected chi connectivity index (χ0v) is 21.4. The molecule has 4 aromatic rings. The highest BCUT2D eigenvalue weighted by atomic mass is 35.5. The fourth-order valence-electron chi connectivity index (χ4n) is 3.53. The van der Waals surface area contributed by atoms with E-state index < -0.39 is 10.0 Å². The average Bonchev–Trinajstić information content (AvgIpc) is 3.31. The van der Waals surface area contributed by atoms with E-state index in [1.54, 1.807) is 35.9 Å². The van der Waals surface area contributed by atoms with Crippen molar-refractivity contribution in [2.24, 2.45) is 0 Å². The molecule has 1 atom stereocenters. The lowest BCUT2D eigenvalue weighted by molar-refractivity contribution is 0.537. The van der Waals surface area contributed by atoms with Gasteiger partial charge in [0.05, 0.1) is 4.90 Å². The Labute approximate surface area is 211 Å². The summed E-state index contributed by atoms with van der Waals surface area (Å²) in [7, 11) is -3.63. The summed E-state index contributed by atoms with van der Waals surface area (Å²) in [6.07, 6.45) is 4.45. The fraction of sp³-hybridized carbons (Fsp3) is 0.208. The van der Waals surface area contributed by atoms with Crippen molar-refractivity contribution >= 4 is 56.9 Å². The van der Waals surface area contributed by atoms with Gasteiger partial charge in [-0.25, -0.2) is 13.1 Å². The third-order valence-corrected chi connectivity index (χ3v) is 7.39. The number of sulfonamides is 1. The number of hydrogen-bond acceptors (Lipinski definition) is 5. The Hall–Kier alpha value is -2.00. The highest BCUT2D eigenvalue weighted by Crippen LogP contribution is 2.30. The zero-order valence-electron chi connectivity index (χ0n) is 18.1. The molecule has 0 bridgehead atoms. The van der Waals surface area contributed by atoms with Gasteiger partial charge < -0.3 is 5.32 Å². The first-order chi connectivity index (χ1) is 15.0. The van der Waals surface area contributed by atoms with E-state index in [1.807, 2.05) is 48.0 Å². The lowest BCUT2D eigenvalue weighted by atomic mass is 10.0. The lowest BCUT2D eigenvalue weighted by Crippen LogP contribution is -2.40. The minimum Gasteiger partial charge on any atom is -0.315 e. The van der Waals surface area contributed by atoms with Crippen molar-refractivity contribution in [1.82, 2.24) is 15.0 Å². The first-order valence-corrected chi connectivity index (χ1v) is 12.6. The molecule has 2 aromatic heterocycles. The average molecular weight is 525 g/mol. The van der Waals surface area contributed by atoms with Crippen LogP contribution in [0.4, 0.5) is 0 Å². The number of fused-ring (bicyclic) bond motifs is 1. The van der Waals surface area contributed by atoms with Crippen molar-refractivity contribution < 1.29 is 8.42 Å². The van der Waals surface area contributed by atoms with E-state index in [1.165, 1.54) is 5.56 Å². The summed E-state index contributed by atoms with van der Waals surface area (Å²) in [6, 6.07) is 17.2. The van der Waals surface area contributed by atoms with Crippen LogP contribution in [0, 0.1) is 0 Å². The normalized spacial score (nSPS) is 12.0. The van der Waals surface area contributed by atoms with E-state index in [9.17, 15) is 8.42 Å². The molecule has 0 saturated heterocycles. The molecule has 1 unspecified atom stereocenters. The Balaban J connectivity index is 0.00000193. The van der Waals surface area contributed by atoms with Gasteiger partial charge in [0.15, 0.2) is 0 Å². The number of pyridine rings is 1. The van der Waals surface area contributed by atoms with Gasteiger partial charge in [0, 0.05) is 35.9 Å². The number of hydrogen-bond donors (Lipinski definition) is 2. The molecule has 176 valence electrons. The topological polar surface area (TPSA) is 71.1 Å². The second-order valence-electron chi connectivity index (χ2n) is 7.54. The molecule has 2 aromatic carbocycles. The molecule has 0 spiro atoms. The third-order valence-electron chi connectivity index (χ3n) is 5.11. The molecule has 0 radical (unpaired) electrons. The van der Waals surface area contributed by atoms with Gasteiger partial charge in [0.2, 0.25) is 10.0 Å². The molecule has 2 N–H and O–H groups in total. The molecule has 0 fully saturated rings. The van der Waals surface area contributed by atoms with Crippen LogP contribution in [-0.2, 0) is 16.4 Å². The maximum absolute atomic E-state index is 13.0. The first kappa shape index (κ1) is 27.2. The van der Waals surface area contributed by atoms with E-state index in [2.05, 4.69) is 27.2 Å². The van der Waals surface area contributed by atoms with Crippen molar-refractivity contribution in [3.63, 3.8) is 0 Å². The van der Waals surface area contributed by atoms with Crippen molar-refractivity contribution in [3.8, 4) is 11.1 Å². The molecule has 5 nitrogen and oxygen atoms in total. The largest absolute Gasteiger partial charge is 0.315 e. The number of benzene rings is 2. The predicted molar refractivity (Wildman–Crippen MR) is 142 cm³/mol. The number of thiophene rings is 1. The molecule has 0 aliphatic heterocycles. The number of aromatic nitrogens is 1. The van der Waals surface area contributed by atoms with Crippen LogP contribution < -0.4 is 10.0 Å². The van der Waals surface area contributed by atoms with Gasteiger partial charge in [-0.05, 0) is 65.4 Å². The van der Waals surface area contributed by atoms with Crippen LogP contribution in [0.3, 0.4) is 0 Å². The molecule has 9 heteroatoms. The minimum absolute atomic E-state index is 0. The summed E-state index contributed by atoms with van der Waals surface area (Å²) >= 11 is 1.60. The highest BCUT2D eigenvalue weighted by molar-refractivity contribution is 7.89. The van der Waals surface area contributed by atoms with E-state index in [-0.39, 0.29) is 35.8 Å². The van der Waals surface area contributed by atoms with E-state index >= 15 is 0 Å². The van der Waals surface area contributed by atoms with Crippen LogP contribution in [0.15, 0.2) is 82.6 Å². The number of halogens is 2. The molecule has 4 rings (SSSR count). The van der Waals surface area contributed by atoms with Crippen LogP contribution in [0.1, 0.15) is 12.5 Å². The standard InChI is InChI=1S/C24H25N3O2S2.2ClH/c1-18(14-25-11-9-19-5-3-2-4-6-19)27-31(28,29)22-8-7-20-15-26-16-24(23(20)13-22)21-10-12-30-17-21;;/h2-8,10,12-13,15-18,25,27H,9,11,14H2,1H3;2*1H. The van der Waals surface area contributed by atoms with E-state index in [4.69, 9.17) is 0 Å². The van der Waals surface area contributed by atoms with Gasteiger partial charge in [-0.3, -0.25) is 4.98 Å². The summed E-state index contributed by atoms with van der Waals surface area (Å²) in [6.45, 7) is 3.22. The van der Waals surface area contributed by atoms with Crippen LogP contribution in [0.2, 0.25) is 0 Å². The zero-order chi connectivity index (χ0) is 21.7. The Morgan fingerprint density at radius 1 is 1.03 bits per heavy atom. The van der Waals surface area contributed by atoms with E-state index in [0.717, 1.165) is 34.9 Å². The number of rotatable bonds is 9. The van der Waals surface area contributed by atoms with Gasteiger partial charge in [-0.15, -0.1) is 24.8 Å². The molecule has 33 heavy (non-hydrogen) atoms. The number of nitrogens with zero attached hydrogens (tertiary/aromatic N) is 1. The second-order valence-corrected chi connectivity index (χ2v) is 10.0. The quantitative estimate of drug-likeness (QED) is 0.292. The summed E-state index contributed by atoms with van der Waals surface area (Å²) in [5.41, 5.74) is 3.24. The van der Waals surface area contributed by atoms with Crippen molar-refractivity contribution in [2.45, 2.75) is 24.3 Å². The molecule has 0 saturated carbocycles. The SMILES string of the molecule is CC(CNCCc1ccccc1)NS(=O)(=O)c1ccc2cncc(-c3ccsc3)c2c1.Cl.Cl. The van der Waals surface area contributed by atoms with Gasteiger partial charge in [0.25, 0.3) is 0 Å². The Bertz CT molecular complexity index is 1250. The Morgan fingerprint density at radius 2 is 1.82 bits per heavy atom. The van der Waals surface area contributed by atoms with Crippen molar-refractivity contribution in [2.75, 3.05) is 13.1 Å². The summed E-state index contributed by atoms with van der Waals surface area (Å²) in [4.78, 5) is 4.57. The third kappa shape index (κ3) is 6.99. The van der Waals surface area contributed by atoms with Crippen LogP contribution in [-0.4, -0.2) is 32.5 Å². The Morgan fingerprint density at radius 3 is 2.55 bits per heavy atom. The van der Waals surface area contributed by atoms with E-state index in [0.29, 0.717) is 6.54 Å². The first-order valence-electron chi connectivity index (χ1n) is 10.2. The Kier molecular flexibility index (Phi) is 10.3. The molecule has 0 aliphatic rings. The fourth-order valence-corrected chi connectivity index (χ4v) is 5.45. The molecule has 0 aliphatic carbocycles. The van der Waals surface area contributed by atoms with Crippen LogP contribution in [0.25, 0.3) is 21.9 Å². The van der Waals surface area contributed by atoms with Gasteiger partial charge in [-0.1, -0.05) is 36.4 Å². The van der Waals surface area contributed by atoms with Gasteiger partial charge >= 0.3 is 0 Å². The summed E-state index contributed by atoms with van der Waals surface area (Å²) < 4.78 is 28.8. The molecule has 0 amide bonds. The monoisotopic (exact) mass is 523 g/mol. The molecule has 2 heterocycles. The van der Waals surface area contributed by atoms with Crippen LogP contribution >= 0.6 is 36.2 Å².